The highest BCUT2D eigenvalue weighted by atomic mass is 32.1. The van der Waals surface area contributed by atoms with Crippen LogP contribution < -0.4 is 5.32 Å². The maximum atomic E-state index is 12.0. The maximum Gasteiger partial charge on any atom is 0.260 e. The molecule has 0 saturated heterocycles. The summed E-state index contributed by atoms with van der Waals surface area (Å²) < 4.78 is 4.09. The summed E-state index contributed by atoms with van der Waals surface area (Å²) in [5, 5.41) is 5.07. The number of hydrogen-bond donors (Lipinski definition) is 1. The lowest BCUT2D eigenvalue weighted by Gasteiger charge is -1.99. The molecule has 0 aliphatic carbocycles. The molecule has 0 spiro atoms. The predicted molar refractivity (Wildman–Crippen MR) is 80.1 cm³/mol. The molecule has 3 aromatic heterocycles. The van der Waals surface area contributed by atoms with Crippen molar-refractivity contribution in [3.63, 3.8) is 0 Å². The smallest absolute Gasteiger partial charge is 0.260 e. The van der Waals surface area contributed by atoms with Crippen molar-refractivity contribution in [2.45, 2.75) is 6.92 Å². The molecule has 7 heteroatoms. The van der Waals surface area contributed by atoms with Crippen LogP contribution in [0.2, 0.25) is 0 Å². The van der Waals surface area contributed by atoms with Gasteiger partial charge in [-0.1, -0.05) is 17.4 Å². The zero-order valence-electron chi connectivity index (χ0n) is 10.5. The van der Waals surface area contributed by atoms with Crippen LogP contribution in [0.4, 0.5) is 5.13 Å². The topological polar surface area (TPSA) is 67.8 Å². The zero-order valence-corrected chi connectivity index (χ0v) is 12.2. The standard InChI is InChI=1S/C13H10N4OS2/c1-8-9(7-19-17-8)12(18)16-13-15-6-11(20-13)10-4-2-3-5-14-10/h2-7H,1H3,(H,15,16,18). The number of hydrogen-bond acceptors (Lipinski definition) is 6. The van der Waals surface area contributed by atoms with Gasteiger partial charge in [-0.25, -0.2) is 4.98 Å². The Hall–Kier alpha value is -2.12. The van der Waals surface area contributed by atoms with Gasteiger partial charge in [-0.3, -0.25) is 15.1 Å². The van der Waals surface area contributed by atoms with Crippen LogP contribution in [0.15, 0.2) is 36.0 Å². The van der Waals surface area contributed by atoms with Crippen LogP contribution in [0.3, 0.4) is 0 Å². The molecule has 20 heavy (non-hydrogen) atoms. The lowest BCUT2D eigenvalue weighted by Crippen LogP contribution is -2.11. The fourth-order valence-corrected chi connectivity index (χ4v) is 3.11. The number of anilines is 1. The summed E-state index contributed by atoms with van der Waals surface area (Å²) in [6.45, 7) is 1.81. The molecular weight excluding hydrogens is 292 g/mol. The second-order valence-corrected chi connectivity index (χ2v) is 5.67. The van der Waals surface area contributed by atoms with Gasteiger partial charge in [-0.2, -0.15) is 4.37 Å². The number of aryl methyl sites for hydroxylation is 1. The minimum absolute atomic E-state index is 0.182. The van der Waals surface area contributed by atoms with E-state index in [1.54, 1.807) is 17.8 Å². The van der Waals surface area contributed by atoms with Crippen molar-refractivity contribution in [3.05, 3.63) is 47.2 Å². The van der Waals surface area contributed by atoms with Crippen molar-refractivity contribution in [3.8, 4) is 10.6 Å². The van der Waals surface area contributed by atoms with Crippen LogP contribution in [0, 0.1) is 6.92 Å². The number of carbonyl (C=O) groups is 1. The number of rotatable bonds is 3. The number of thiazole rings is 1. The van der Waals surface area contributed by atoms with Gasteiger partial charge in [0.05, 0.1) is 21.8 Å². The Kier molecular flexibility index (Phi) is 3.53. The van der Waals surface area contributed by atoms with Gasteiger partial charge in [0, 0.05) is 17.8 Å². The van der Waals surface area contributed by atoms with Gasteiger partial charge in [0.15, 0.2) is 5.13 Å². The van der Waals surface area contributed by atoms with Crippen molar-refractivity contribution in [1.82, 2.24) is 14.3 Å². The van der Waals surface area contributed by atoms with E-state index in [1.807, 2.05) is 25.1 Å². The third-order valence-electron chi connectivity index (χ3n) is 2.64. The van der Waals surface area contributed by atoms with Crippen LogP contribution in [0.1, 0.15) is 16.1 Å². The van der Waals surface area contributed by atoms with E-state index in [9.17, 15) is 4.79 Å². The largest absolute Gasteiger partial charge is 0.298 e. The van der Waals surface area contributed by atoms with Crippen LogP contribution in [-0.4, -0.2) is 20.2 Å². The van der Waals surface area contributed by atoms with Crippen molar-refractivity contribution in [2.75, 3.05) is 5.32 Å². The van der Waals surface area contributed by atoms with E-state index in [0.717, 1.165) is 16.3 Å². The van der Waals surface area contributed by atoms with Gasteiger partial charge >= 0.3 is 0 Å². The molecular formula is C13H10N4OS2. The van der Waals surface area contributed by atoms with Gasteiger partial charge in [0.1, 0.15) is 0 Å². The van der Waals surface area contributed by atoms with Crippen molar-refractivity contribution in [1.29, 1.82) is 0 Å². The van der Waals surface area contributed by atoms with Gasteiger partial charge in [-0.15, -0.1) is 0 Å². The van der Waals surface area contributed by atoms with E-state index in [0.29, 0.717) is 10.7 Å². The van der Waals surface area contributed by atoms with E-state index in [4.69, 9.17) is 0 Å². The molecule has 3 rings (SSSR count). The molecule has 0 unspecified atom stereocenters. The molecule has 0 aliphatic heterocycles. The highest BCUT2D eigenvalue weighted by molar-refractivity contribution is 7.19. The van der Waals surface area contributed by atoms with E-state index in [-0.39, 0.29) is 5.91 Å². The molecule has 0 aliphatic rings. The molecule has 0 bridgehead atoms. The van der Waals surface area contributed by atoms with Crippen molar-refractivity contribution < 1.29 is 4.79 Å². The Balaban J connectivity index is 1.78. The van der Waals surface area contributed by atoms with Gasteiger partial charge in [0.2, 0.25) is 0 Å². The molecule has 0 aromatic carbocycles. The maximum absolute atomic E-state index is 12.0. The molecule has 1 N–H and O–H groups in total. The fourth-order valence-electron chi connectivity index (χ4n) is 1.63. The average Bonchev–Trinajstić information content (AvgIpc) is 3.09. The third-order valence-corrected chi connectivity index (χ3v) is 4.29. The average molecular weight is 302 g/mol. The summed E-state index contributed by atoms with van der Waals surface area (Å²) in [7, 11) is 0. The van der Waals surface area contributed by atoms with Gasteiger partial charge in [0.25, 0.3) is 5.91 Å². The number of amides is 1. The summed E-state index contributed by atoms with van der Waals surface area (Å²) in [5.74, 6) is -0.182. The van der Waals surface area contributed by atoms with Gasteiger partial charge in [-0.05, 0) is 30.6 Å². The van der Waals surface area contributed by atoms with E-state index in [1.165, 1.54) is 22.9 Å². The molecule has 1 amide bonds. The second kappa shape index (κ2) is 5.48. The van der Waals surface area contributed by atoms with Crippen molar-refractivity contribution in [2.24, 2.45) is 0 Å². The Morgan fingerprint density at radius 3 is 2.90 bits per heavy atom. The zero-order chi connectivity index (χ0) is 13.9. The lowest BCUT2D eigenvalue weighted by atomic mass is 10.2. The predicted octanol–water partition coefficient (Wildman–Crippen LogP) is 3.22. The summed E-state index contributed by atoms with van der Waals surface area (Å²) in [6, 6.07) is 5.69. The first kappa shape index (κ1) is 12.9. The van der Waals surface area contributed by atoms with Crippen LogP contribution in [0.25, 0.3) is 10.6 Å². The first-order valence-corrected chi connectivity index (χ1v) is 7.49. The Morgan fingerprint density at radius 1 is 1.30 bits per heavy atom. The Bertz CT molecular complexity index is 736. The minimum atomic E-state index is -0.182. The summed E-state index contributed by atoms with van der Waals surface area (Å²) in [6.07, 6.45) is 3.44. The summed E-state index contributed by atoms with van der Waals surface area (Å²) >= 11 is 2.66. The molecule has 5 nitrogen and oxygen atoms in total. The summed E-state index contributed by atoms with van der Waals surface area (Å²) in [5.41, 5.74) is 2.16. The van der Waals surface area contributed by atoms with Crippen LogP contribution in [0.5, 0.6) is 0 Å². The number of aromatic nitrogens is 3. The highest BCUT2D eigenvalue weighted by Crippen LogP contribution is 2.27. The molecule has 3 heterocycles. The minimum Gasteiger partial charge on any atom is -0.298 e. The first-order chi connectivity index (χ1) is 9.74. The number of carbonyl (C=O) groups excluding carboxylic acids is 1. The van der Waals surface area contributed by atoms with Crippen LogP contribution >= 0.6 is 22.9 Å². The fraction of sp³-hybridized carbons (Fsp3) is 0.0769. The highest BCUT2D eigenvalue weighted by Gasteiger charge is 2.13. The van der Waals surface area contributed by atoms with E-state index in [2.05, 4.69) is 19.7 Å². The molecule has 0 radical (unpaired) electrons. The van der Waals surface area contributed by atoms with E-state index >= 15 is 0 Å². The monoisotopic (exact) mass is 302 g/mol. The number of pyridine rings is 1. The molecule has 0 atom stereocenters. The number of nitrogens with one attached hydrogen (secondary N) is 1. The van der Waals surface area contributed by atoms with E-state index < -0.39 is 0 Å². The van der Waals surface area contributed by atoms with Crippen LogP contribution in [-0.2, 0) is 0 Å². The summed E-state index contributed by atoms with van der Waals surface area (Å²) in [4.78, 5) is 21.4. The third kappa shape index (κ3) is 2.59. The lowest BCUT2D eigenvalue weighted by molar-refractivity contribution is 0.102. The second-order valence-electron chi connectivity index (χ2n) is 4.01. The first-order valence-electron chi connectivity index (χ1n) is 5.83. The Labute approximate surface area is 123 Å². The number of nitrogens with zero attached hydrogens (tertiary/aromatic N) is 3. The Morgan fingerprint density at radius 2 is 2.20 bits per heavy atom. The molecule has 100 valence electrons. The molecule has 0 saturated carbocycles. The normalized spacial score (nSPS) is 10.4. The molecule has 3 aromatic rings. The molecule has 0 fully saturated rings. The van der Waals surface area contributed by atoms with Gasteiger partial charge < -0.3 is 0 Å². The SMILES string of the molecule is Cc1nscc1C(=O)Nc1ncc(-c2ccccn2)s1. The van der Waals surface area contributed by atoms with Crippen molar-refractivity contribution >= 4 is 33.9 Å². The quantitative estimate of drug-likeness (QED) is 0.806.